The molecule has 0 aromatic heterocycles. The van der Waals surface area contributed by atoms with Gasteiger partial charge in [-0.3, -0.25) is 9.89 Å². The topological polar surface area (TPSA) is 46.1 Å². The van der Waals surface area contributed by atoms with Crippen LogP contribution < -0.4 is 10.6 Å². The third kappa shape index (κ3) is 7.48. The Morgan fingerprint density at radius 1 is 1.00 bits per heavy atom. The summed E-state index contributed by atoms with van der Waals surface area (Å²) in [6.07, 6.45) is 9.09. The lowest BCUT2D eigenvalue weighted by atomic mass is 9.84. The first kappa shape index (κ1) is 26.1. The Bertz CT molecular complexity index is 504. The zero-order chi connectivity index (χ0) is 20.7. The molecule has 0 atom stereocenters. The van der Waals surface area contributed by atoms with E-state index in [1.54, 1.807) is 0 Å². The zero-order valence-electron chi connectivity index (χ0n) is 20.0. The second kappa shape index (κ2) is 12.8. The van der Waals surface area contributed by atoms with Crippen LogP contribution in [0.2, 0.25) is 0 Å². The Kier molecular flexibility index (Phi) is 11.1. The van der Waals surface area contributed by atoms with E-state index in [2.05, 4.69) is 51.2 Å². The molecule has 3 aliphatic rings. The lowest BCUT2D eigenvalue weighted by molar-refractivity contribution is 0.0172. The molecule has 0 unspecified atom stereocenters. The van der Waals surface area contributed by atoms with Gasteiger partial charge in [0, 0.05) is 44.8 Å². The van der Waals surface area contributed by atoms with Crippen molar-refractivity contribution in [2.75, 3.05) is 66.5 Å². The summed E-state index contributed by atoms with van der Waals surface area (Å²) in [6.45, 7) is 14.2. The number of likely N-dealkylation sites (tertiary alicyclic amines) is 3. The monoisotopic (exact) mass is 534 g/mol. The minimum absolute atomic E-state index is 0. The fraction of sp³-hybridized carbons (Fsp3) is 0.957. The molecule has 3 heterocycles. The van der Waals surface area contributed by atoms with Crippen molar-refractivity contribution in [3.05, 3.63) is 0 Å². The van der Waals surface area contributed by atoms with E-state index in [-0.39, 0.29) is 24.0 Å². The normalized spacial score (nSPS) is 25.2. The molecule has 176 valence electrons. The molecule has 0 saturated carbocycles. The summed E-state index contributed by atoms with van der Waals surface area (Å²) in [5, 5.41) is 7.48. The number of guanidine groups is 1. The van der Waals surface area contributed by atoms with Crippen LogP contribution >= 0.6 is 24.0 Å². The van der Waals surface area contributed by atoms with Crippen molar-refractivity contribution < 1.29 is 0 Å². The fourth-order valence-corrected chi connectivity index (χ4v) is 5.42. The minimum atomic E-state index is 0. The Balaban J connectivity index is 0.00000320. The molecule has 0 aromatic carbocycles. The molecular weight excluding hydrogens is 487 g/mol. The largest absolute Gasteiger partial charge is 0.355 e. The van der Waals surface area contributed by atoms with Gasteiger partial charge in [0.2, 0.25) is 0 Å². The van der Waals surface area contributed by atoms with E-state index in [0.29, 0.717) is 11.6 Å². The van der Waals surface area contributed by atoms with Crippen molar-refractivity contribution in [2.45, 2.75) is 70.4 Å². The van der Waals surface area contributed by atoms with Gasteiger partial charge in [-0.2, -0.15) is 0 Å². The average Bonchev–Trinajstić information content (AvgIpc) is 2.74. The number of rotatable bonds is 6. The number of aliphatic imine (C=N–C) groups is 1. The van der Waals surface area contributed by atoms with Crippen molar-refractivity contribution in [3.63, 3.8) is 0 Å². The van der Waals surface area contributed by atoms with Gasteiger partial charge in [-0.05, 0) is 77.7 Å². The lowest BCUT2D eigenvalue weighted by Crippen LogP contribution is -2.62. The summed E-state index contributed by atoms with van der Waals surface area (Å²) in [4.78, 5) is 12.5. The van der Waals surface area contributed by atoms with Gasteiger partial charge < -0.3 is 20.4 Å². The highest BCUT2D eigenvalue weighted by atomic mass is 127. The van der Waals surface area contributed by atoms with Crippen molar-refractivity contribution in [3.8, 4) is 0 Å². The predicted molar refractivity (Wildman–Crippen MR) is 139 cm³/mol. The first-order valence-electron chi connectivity index (χ1n) is 12.1. The first-order chi connectivity index (χ1) is 14.0. The number of halogens is 1. The van der Waals surface area contributed by atoms with Gasteiger partial charge in [0.1, 0.15) is 0 Å². The highest BCUT2D eigenvalue weighted by Gasteiger charge is 2.39. The smallest absolute Gasteiger partial charge is 0.191 e. The Morgan fingerprint density at radius 3 is 2.20 bits per heavy atom. The van der Waals surface area contributed by atoms with Gasteiger partial charge in [-0.25, -0.2) is 0 Å². The van der Waals surface area contributed by atoms with Crippen LogP contribution in [0.3, 0.4) is 0 Å². The van der Waals surface area contributed by atoms with E-state index < -0.39 is 0 Å². The van der Waals surface area contributed by atoms with Crippen LogP contribution in [0.4, 0.5) is 0 Å². The zero-order valence-corrected chi connectivity index (χ0v) is 22.3. The number of nitrogens with one attached hydrogen (secondary N) is 2. The molecule has 0 radical (unpaired) electrons. The van der Waals surface area contributed by atoms with Crippen LogP contribution in [0.25, 0.3) is 0 Å². The average molecular weight is 535 g/mol. The molecule has 7 heteroatoms. The van der Waals surface area contributed by atoms with Crippen molar-refractivity contribution in [1.82, 2.24) is 25.3 Å². The SMILES string of the molecule is CN=C(NCC1(N2CCCCC2)CCN(C)CC1)NC1CCN(CC(C)C)CC1.I. The maximum atomic E-state index is 4.58. The van der Waals surface area contributed by atoms with Crippen LogP contribution in [0, 0.1) is 5.92 Å². The number of piperidine rings is 3. The van der Waals surface area contributed by atoms with Crippen molar-refractivity contribution >= 4 is 29.9 Å². The summed E-state index contributed by atoms with van der Waals surface area (Å²) in [6, 6.07) is 0.549. The molecule has 0 aliphatic carbocycles. The van der Waals surface area contributed by atoms with E-state index in [1.165, 1.54) is 90.8 Å². The third-order valence-corrected chi connectivity index (χ3v) is 7.30. The van der Waals surface area contributed by atoms with Gasteiger partial charge in [0.25, 0.3) is 0 Å². The number of nitrogens with zero attached hydrogens (tertiary/aromatic N) is 4. The van der Waals surface area contributed by atoms with Crippen LogP contribution in [0.15, 0.2) is 4.99 Å². The van der Waals surface area contributed by atoms with Gasteiger partial charge >= 0.3 is 0 Å². The molecule has 3 saturated heterocycles. The molecule has 2 N–H and O–H groups in total. The summed E-state index contributed by atoms with van der Waals surface area (Å²) >= 11 is 0. The third-order valence-electron chi connectivity index (χ3n) is 7.30. The van der Waals surface area contributed by atoms with Gasteiger partial charge in [0.15, 0.2) is 5.96 Å². The number of hydrogen-bond donors (Lipinski definition) is 2. The van der Waals surface area contributed by atoms with Crippen molar-refractivity contribution in [1.29, 1.82) is 0 Å². The fourth-order valence-electron chi connectivity index (χ4n) is 5.42. The van der Waals surface area contributed by atoms with E-state index in [1.807, 2.05) is 7.05 Å². The molecule has 3 aliphatic heterocycles. The van der Waals surface area contributed by atoms with E-state index in [0.717, 1.165) is 18.4 Å². The molecule has 30 heavy (non-hydrogen) atoms. The molecule has 3 rings (SSSR count). The molecular formula is C23H47IN6. The van der Waals surface area contributed by atoms with E-state index in [4.69, 9.17) is 0 Å². The Morgan fingerprint density at radius 2 is 1.63 bits per heavy atom. The van der Waals surface area contributed by atoms with Crippen LogP contribution in [-0.2, 0) is 0 Å². The maximum absolute atomic E-state index is 4.58. The predicted octanol–water partition coefficient (Wildman–Crippen LogP) is 2.84. The summed E-state index contributed by atoms with van der Waals surface area (Å²) in [5.41, 5.74) is 0.297. The van der Waals surface area contributed by atoms with E-state index in [9.17, 15) is 0 Å². The highest BCUT2D eigenvalue weighted by Crippen LogP contribution is 2.30. The van der Waals surface area contributed by atoms with Crippen LogP contribution in [-0.4, -0.2) is 98.7 Å². The standard InChI is InChI=1S/C23H46N6.HI/c1-20(2)18-28-14-8-21(9-15-28)26-22(24-3)25-19-23(10-16-27(4)17-11-23)29-12-6-5-7-13-29;/h20-21H,5-19H2,1-4H3,(H2,24,25,26);1H. The first-order valence-corrected chi connectivity index (χ1v) is 12.1. The van der Waals surface area contributed by atoms with E-state index >= 15 is 0 Å². The summed E-state index contributed by atoms with van der Waals surface area (Å²) in [7, 11) is 4.19. The summed E-state index contributed by atoms with van der Waals surface area (Å²) in [5.74, 6) is 1.76. The second-order valence-electron chi connectivity index (χ2n) is 10.1. The van der Waals surface area contributed by atoms with Crippen molar-refractivity contribution in [2.24, 2.45) is 10.9 Å². The molecule has 0 aromatic rings. The molecule has 0 bridgehead atoms. The Hall–Kier alpha value is -0.120. The lowest BCUT2D eigenvalue weighted by Gasteiger charge is -2.50. The second-order valence-corrected chi connectivity index (χ2v) is 10.1. The van der Waals surface area contributed by atoms with Gasteiger partial charge in [-0.15, -0.1) is 24.0 Å². The van der Waals surface area contributed by atoms with Gasteiger partial charge in [-0.1, -0.05) is 20.3 Å². The highest BCUT2D eigenvalue weighted by molar-refractivity contribution is 14.0. The van der Waals surface area contributed by atoms with Gasteiger partial charge in [0.05, 0.1) is 0 Å². The molecule has 0 spiro atoms. The minimum Gasteiger partial charge on any atom is -0.355 e. The number of hydrogen-bond acceptors (Lipinski definition) is 4. The molecule has 3 fully saturated rings. The quantitative estimate of drug-likeness (QED) is 0.312. The Labute approximate surface area is 202 Å². The maximum Gasteiger partial charge on any atom is 0.191 e. The van der Waals surface area contributed by atoms with Crippen LogP contribution in [0.5, 0.6) is 0 Å². The molecule has 0 amide bonds. The summed E-state index contributed by atoms with van der Waals surface area (Å²) < 4.78 is 0. The molecule has 6 nitrogen and oxygen atoms in total. The van der Waals surface area contributed by atoms with Crippen LogP contribution in [0.1, 0.15) is 58.8 Å².